The highest BCUT2D eigenvalue weighted by atomic mass is 32.1. The van der Waals surface area contributed by atoms with Crippen molar-refractivity contribution >= 4 is 17.2 Å². The van der Waals surface area contributed by atoms with Crippen LogP contribution in [0, 0.1) is 124 Å². The second-order valence-electron chi connectivity index (χ2n) is 6.35. The summed E-state index contributed by atoms with van der Waals surface area (Å²) >= 11 is 5.22. The highest BCUT2D eigenvalue weighted by molar-refractivity contribution is 7.80. The Balaban J connectivity index is 2.48. The Morgan fingerprint density at radius 2 is 1.20 bits per heavy atom. The van der Waals surface area contributed by atoms with E-state index in [1.54, 1.807) is 21.1 Å². The molecule has 4 nitrogen and oxygen atoms in total. The largest absolute Gasteiger partial charge is 0.390 e. The van der Waals surface area contributed by atoms with E-state index in [1.165, 1.54) is 0 Å². The molecule has 0 saturated heterocycles. The van der Waals surface area contributed by atoms with Crippen LogP contribution < -0.4 is 5.32 Å². The lowest BCUT2D eigenvalue weighted by atomic mass is 10.1. The molecule has 0 aromatic rings. The Kier molecular flexibility index (Phi) is 15.3. The predicted molar refractivity (Wildman–Crippen MR) is 140 cm³/mol. The molecule has 2 N–H and O–H groups in total. The monoisotopic (exact) mass is 473 g/mol. The lowest BCUT2D eigenvalue weighted by Crippen LogP contribution is -2.43. The molecule has 1 saturated carbocycles. The van der Waals surface area contributed by atoms with Crippen molar-refractivity contribution in [2.45, 2.75) is 31.6 Å². The minimum Gasteiger partial charge on any atom is -0.390 e. The average molecular weight is 474 g/mol. The normalized spacial score (nSPS) is 17.5. The van der Waals surface area contributed by atoms with Crippen molar-refractivity contribution in [2.75, 3.05) is 20.8 Å². The molecule has 1 rings (SSSR count). The third-order valence-corrected chi connectivity index (χ3v) is 4.33. The molecule has 1 unspecified atom stereocenters. The van der Waals surface area contributed by atoms with E-state index in [-0.39, 0.29) is 12.0 Å². The van der Waals surface area contributed by atoms with Crippen LogP contribution in [0.4, 0.5) is 0 Å². The zero-order valence-corrected chi connectivity index (χ0v) is 20.2. The Bertz CT molecular complexity index is 1420. The molecule has 0 aromatic heterocycles. The maximum atomic E-state index is 10.3. The zero-order chi connectivity index (χ0) is 25.6. The number of hydrogen-bond acceptors (Lipinski definition) is 4. The molecular formula is C30H19NO3S. The number of hydrogen-bond donors (Lipinski definition) is 2. The van der Waals surface area contributed by atoms with Gasteiger partial charge in [-0.2, -0.15) is 0 Å². The van der Waals surface area contributed by atoms with Gasteiger partial charge in [-0.05, 0) is 114 Å². The SMILES string of the molecule is CC#CC#CC#CC#CC#CC#CC#CC#CC#CC#CC(=S)N[C@H]1C[C@H](COC)[C@H](O)C1OC. The predicted octanol–water partition coefficient (Wildman–Crippen LogP) is 0.368. The molecule has 0 aliphatic heterocycles. The van der Waals surface area contributed by atoms with Crippen molar-refractivity contribution in [3.8, 4) is 118 Å². The summed E-state index contributed by atoms with van der Waals surface area (Å²) in [6, 6.07) is -0.155. The van der Waals surface area contributed by atoms with Crippen molar-refractivity contribution in [3.05, 3.63) is 0 Å². The van der Waals surface area contributed by atoms with E-state index < -0.39 is 12.2 Å². The summed E-state index contributed by atoms with van der Waals surface area (Å²) in [7, 11) is 3.15. The van der Waals surface area contributed by atoms with Gasteiger partial charge < -0.3 is 19.9 Å². The van der Waals surface area contributed by atoms with Gasteiger partial charge in [-0.25, -0.2) is 0 Å². The Labute approximate surface area is 213 Å². The molecule has 4 atom stereocenters. The molecule has 0 aromatic carbocycles. The summed E-state index contributed by atoms with van der Waals surface area (Å²) in [5.41, 5.74) is 0. The molecule has 168 valence electrons. The third kappa shape index (κ3) is 12.9. The first-order valence-corrected chi connectivity index (χ1v) is 10.5. The molecular weight excluding hydrogens is 454 g/mol. The number of ether oxygens (including phenoxy) is 2. The highest BCUT2D eigenvalue weighted by Gasteiger charge is 2.42. The van der Waals surface area contributed by atoms with E-state index in [0.29, 0.717) is 18.0 Å². The van der Waals surface area contributed by atoms with Crippen molar-refractivity contribution < 1.29 is 14.6 Å². The maximum Gasteiger partial charge on any atom is 0.152 e. The molecule has 1 aliphatic carbocycles. The fraction of sp³-hybridized carbons (Fsp3) is 0.300. The van der Waals surface area contributed by atoms with E-state index in [2.05, 4.69) is 124 Å². The average Bonchev–Trinajstić information content (AvgIpc) is 3.14. The van der Waals surface area contributed by atoms with E-state index in [9.17, 15) is 5.11 Å². The Morgan fingerprint density at radius 1 is 0.771 bits per heavy atom. The van der Waals surface area contributed by atoms with Crippen LogP contribution in [-0.4, -0.2) is 49.2 Å². The summed E-state index contributed by atoms with van der Waals surface area (Å²) in [4.78, 5) is 0.313. The molecule has 5 heteroatoms. The lowest BCUT2D eigenvalue weighted by Gasteiger charge is -2.21. The first-order chi connectivity index (χ1) is 17.1. The number of aliphatic hydroxyl groups is 1. The van der Waals surface area contributed by atoms with Crippen LogP contribution in [0.3, 0.4) is 0 Å². The number of thiocarbonyl (C=S) groups is 1. The van der Waals surface area contributed by atoms with Crippen LogP contribution in [0.2, 0.25) is 0 Å². The molecule has 1 aliphatic rings. The fourth-order valence-electron chi connectivity index (χ4n) is 2.79. The van der Waals surface area contributed by atoms with Gasteiger partial charge in [0, 0.05) is 32.0 Å². The summed E-state index contributed by atoms with van der Waals surface area (Å²) in [6.07, 6.45) is -0.364. The van der Waals surface area contributed by atoms with Gasteiger partial charge in [0.1, 0.15) is 6.10 Å². The van der Waals surface area contributed by atoms with Crippen LogP contribution in [0.25, 0.3) is 0 Å². The second-order valence-corrected chi connectivity index (χ2v) is 6.76. The molecule has 0 heterocycles. The van der Waals surface area contributed by atoms with Crippen LogP contribution in [0.5, 0.6) is 0 Å². The van der Waals surface area contributed by atoms with Gasteiger partial charge in [-0.3, -0.25) is 0 Å². The van der Waals surface area contributed by atoms with Gasteiger partial charge in [-0.15, -0.1) is 0 Å². The molecule has 0 spiro atoms. The Hall–Kier alpha value is -4.63. The van der Waals surface area contributed by atoms with Crippen LogP contribution >= 0.6 is 12.2 Å². The van der Waals surface area contributed by atoms with E-state index >= 15 is 0 Å². The van der Waals surface area contributed by atoms with Gasteiger partial charge in [-0.1, -0.05) is 18.1 Å². The van der Waals surface area contributed by atoms with Crippen molar-refractivity contribution in [1.82, 2.24) is 5.32 Å². The lowest BCUT2D eigenvalue weighted by molar-refractivity contribution is -0.0273. The molecule has 35 heavy (non-hydrogen) atoms. The van der Waals surface area contributed by atoms with Crippen molar-refractivity contribution in [1.29, 1.82) is 0 Å². The minimum absolute atomic E-state index is 0.0309. The van der Waals surface area contributed by atoms with Crippen molar-refractivity contribution in [2.24, 2.45) is 5.92 Å². The third-order valence-electron chi connectivity index (χ3n) is 4.11. The molecule has 0 radical (unpaired) electrons. The standard InChI is InChI=1S/C30H19NO3S/c1-4-5-6-7-8-9-10-11-12-13-14-15-16-17-18-19-20-21-22-23-28(35)31-27-24-26(25-33-2)29(32)30(27)34-3/h26-27,29-30,32H,24-25H2,1-3H3,(H,31,35)/t26-,27+,29+,30?/m1/s1. The van der Waals surface area contributed by atoms with Crippen LogP contribution in [-0.2, 0) is 9.47 Å². The topological polar surface area (TPSA) is 50.7 Å². The molecule has 1 fully saturated rings. The fourth-order valence-corrected chi connectivity index (χ4v) is 2.99. The number of aliphatic hydroxyl groups excluding tert-OH is 1. The zero-order valence-electron chi connectivity index (χ0n) is 19.4. The molecule has 0 bridgehead atoms. The van der Waals surface area contributed by atoms with E-state index in [4.69, 9.17) is 21.7 Å². The Morgan fingerprint density at radius 3 is 1.60 bits per heavy atom. The quantitative estimate of drug-likeness (QED) is 0.457. The first-order valence-electron chi connectivity index (χ1n) is 10.1. The summed E-state index contributed by atoms with van der Waals surface area (Å²) < 4.78 is 10.5. The van der Waals surface area contributed by atoms with Gasteiger partial charge in [0.05, 0.1) is 18.8 Å². The van der Waals surface area contributed by atoms with Gasteiger partial charge in [0.25, 0.3) is 0 Å². The molecule has 0 amide bonds. The van der Waals surface area contributed by atoms with Gasteiger partial charge in [0.15, 0.2) is 4.99 Å². The highest BCUT2D eigenvalue weighted by Crippen LogP contribution is 2.28. The minimum atomic E-state index is -0.633. The van der Waals surface area contributed by atoms with E-state index in [0.717, 1.165) is 0 Å². The van der Waals surface area contributed by atoms with Crippen LogP contribution in [0.1, 0.15) is 13.3 Å². The summed E-state index contributed by atoms with van der Waals surface area (Å²) in [5, 5.41) is 13.4. The van der Waals surface area contributed by atoms with Crippen LogP contribution in [0.15, 0.2) is 0 Å². The van der Waals surface area contributed by atoms with Crippen molar-refractivity contribution in [3.63, 3.8) is 0 Å². The van der Waals surface area contributed by atoms with Gasteiger partial charge >= 0.3 is 0 Å². The summed E-state index contributed by atoms with van der Waals surface area (Å²) in [5.74, 6) is 50.9. The summed E-state index contributed by atoms with van der Waals surface area (Å²) in [6.45, 7) is 2.14. The number of nitrogens with one attached hydrogen (secondary N) is 1. The van der Waals surface area contributed by atoms with Gasteiger partial charge in [0.2, 0.25) is 0 Å². The second kappa shape index (κ2) is 18.9. The number of rotatable bonds is 4. The maximum absolute atomic E-state index is 10.3. The van der Waals surface area contributed by atoms with E-state index in [1.807, 2.05) is 0 Å². The number of methoxy groups -OCH3 is 2. The first kappa shape index (κ1) is 28.4. The smallest absolute Gasteiger partial charge is 0.152 e.